The molecule has 0 spiro atoms. The summed E-state index contributed by atoms with van der Waals surface area (Å²) in [6.45, 7) is 3.74. The van der Waals surface area contributed by atoms with Crippen LogP contribution in [0.2, 0.25) is 0 Å². The number of hydrogen-bond acceptors (Lipinski definition) is 2. The summed E-state index contributed by atoms with van der Waals surface area (Å²) in [7, 11) is 0. The van der Waals surface area contributed by atoms with Crippen molar-refractivity contribution in [2.45, 2.75) is 26.2 Å². The van der Waals surface area contributed by atoms with Crippen LogP contribution < -0.4 is 5.32 Å². The van der Waals surface area contributed by atoms with Gasteiger partial charge >= 0.3 is 12.0 Å². The number of hydrogen-bond donors (Lipinski definition) is 2. The molecule has 2 amide bonds. The minimum Gasteiger partial charge on any atom is -0.481 e. The largest absolute Gasteiger partial charge is 0.481 e. The lowest BCUT2D eigenvalue weighted by Crippen LogP contribution is -2.49. The lowest BCUT2D eigenvalue weighted by molar-refractivity contribution is -0.143. The van der Waals surface area contributed by atoms with Crippen molar-refractivity contribution in [1.82, 2.24) is 10.2 Å². The van der Waals surface area contributed by atoms with Gasteiger partial charge < -0.3 is 15.3 Å². The first-order valence-electron chi connectivity index (χ1n) is 6.32. The molecule has 0 aromatic heterocycles. The molecule has 0 bridgehead atoms. The number of nitrogens with zero attached hydrogens (tertiary/aromatic N) is 1. The summed E-state index contributed by atoms with van der Waals surface area (Å²) < 4.78 is 0. The van der Waals surface area contributed by atoms with Crippen molar-refractivity contribution in [2.24, 2.45) is 17.8 Å². The van der Waals surface area contributed by atoms with Crippen LogP contribution in [0.1, 0.15) is 26.2 Å². The molecular weight excluding hydrogens is 220 g/mol. The van der Waals surface area contributed by atoms with Crippen molar-refractivity contribution < 1.29 is 14.7 Å². The van der Waals surface area contributed by atoms with Gasteiger partial charge in [-0.2, -0.15) is 0 Å². The van der Waals surface area contributed by atoms with Gasteiger partial charge in [0.25, 0.3) is 0 Å². The molecule has 1 saturated heterocycles. The van der Waals surface area contributed by atoms with Gasteiger partial charge in [0.05, 0.1) is 5.92 Å². The van der Waals surface area contributed by atoms with E-state index in [0.29, 0.717) is 25.4 Å². The second-order valence-electron chi connectivity index (χ2n) is 5.41. The molecule has 96 valence electrons. The summed E-state index contributed by atoms with van der Waals surface area (Å²) in [6.07, 6.45) is 3.07. The minimum atomic E-state index is -0.795. The van der Waals surface area contributed by atoms with Gasteiger partial charge in [-0.25, -0.2) is 4.79 Å². The summed E-state index contributed by atoms with van der Waals surface area (Å²) in [5.74, 6) is -0.296. The van der Waals surface area contributed by atoms with Crippen molar-refractivity contribution in [3.63, 3.8) is 0 Å². The molecule has 2 fully saturated rings. The van der Waals surface area contributed by atoms with Crippen LogP contribution in [0.5, 0.6) is 0 Å². The van der Waals surface area contributed by atoms with Crippen LogP contribution in [-0.2, 0) is 4.79 Å². The zero-order chi connectivity index (χ0) is 12.4. The highest BCUT2D eigenvalue weighted by Gasteiger charge is 2.32. The normalized spacial score (nSPS) is 28.9. The molecule has 2 rings (SSSR count). The topological polar surface area (TPSA) is 69.6 Å². The first-order chi connectivity index (χ1) is 8.06. The molecule has 2 aliphatic rings. The van der Waals surface area contributed by atoms with E-state index in [1.165, 1.54) is 12.8 Å². The molecule has 1 aliphatic heterocycles. The van der Waals surface area contributed by atoms with Crippen molar-refractivity contribution in [3.05, 3.63) is 0 Å². The van der Waals surface area contributed by atoms with Gasteiger partial charge in [0, 0.05) is 19.6 Å². The summed E-state index contributed by atoms with van der Waals surface area (Å²) in [4.78, 5) is 24.5. The first kappa shape index (κ1) is 12.2. The third kappa shape index (κ3) is 3.35. The van der Waals surface area contributed by atoms with Crippen LogP contribution in [0, 0.1) is 17.8 Å². The average Bonchev–Trinajstić information content (AvgIpc) is 3.08. The lowest BCUT2D eigenvalue weighted by atomic mass is 9.91. The Hall–Kier alpha value is -1.26. The number of aliphatic carboxylic acids is 1. The van der Waals surface area contributed by atoms with E-state index in [9.17, 15) is 9.59 Å². The molecule has 2 N–H and O–H groups in total. The smallest absolute Gasteiger partial charge is 0.317 e. The molecule has 0 aromatic rings. The number of carbonyl (C=O) groups excluding carboxylic acids is 1. The number of amides is 2. The summed E-state index contributed by atoms with van der Waals surface area (Å²) in [5, 5.41) is 11.9. The number of urea groups is 1. The Morgan fingerprint density at radius 3 is 2.65 bits per heavy atom. The van der Waals surface area contributed by atoms with Crippen LogP contribution in [0.25, 0.3) is 0 Å². The van der Waals surface area contributed by atoms with E-state index in [2.05, 4.69) is 5.32 Å². The highest BCUT2D eigenvalue weighted by Crippen LogP contribution is 2.28. The maximum Gasteiger partial charge on any atom is 0.317 e. The summed E-state index contributed by atoms with van der Waals surface area (Å²) >= 11 is 0. The van der Waals surface area contributed by atoms with Crippen LogP contribution in [0.15, 0.2) is 0 Å². The molecule has 5 nitrogen and oxygen atoms in total. The average molecular weight is 240 g/mol. The fourth-order valence-corrected chi connectivity index (χ4v) is 2.36. The predicted octanol–water partition coefficient (Wildman–Crippen LogP) is 1.15. The standard InChI is InChI=1S/C12H20N2O3/c1-8-4-10(11(15)16)7-14(6-8)12(17)13-5-9-2-3-9/h8-10H,2-7H2,1H3,(H,13,17)(H,15,16). The fraction of sp³-hybridized carbons (Fsp3) is 0.833. The molecule has 1 heterocycles. The van der Waals surface area contributed by atoms with E-state index in [1.807, 2.05) is 6.92 Å². The minimum absolute atomic E-state index is 0.102. The molecule has 0 aromatic carbocycles. The third-order valence-corrected chi connectivity index (χ3v) is 3.54. The van der Waals surface area contributed by atoms with Crippen LogP contribution in [-0.4, -0.2) is 41.6 Å². The van der Waals surface area contributed by atoms with Gasteiger partial charge in [0.1, 0.15) is 0 Å². The van der Waals surface area contributed by atoms with E-state index in [-0.39, 0.29) is 11.9 Å². The fourth-order valence-electron chi connectivity index (χ4n) is 2.36. The van der Waals surface area contributed by atoms with Gasteiger partial charge in [-0.3, -0.25) is 4.79 Å². The Labute approximate surface area is 101 Å². The second-order valence-corrected chi connectivity index (χ2v) is 5.41. The lowest BCUT2D eigenvalue weighted by Gasteiger charge is -2.34. The van der Waals surface area contributed by atoms with E-state index < -0.39 is 11.9 Å². The molecule has 2 unspecified atom stereocenters. The maximum atomic E-state index is 11.9. The van der Waals surface area contributed by atoms with Crippen molar-refractivity contribution in [2.75, 3.05) is 19.6 Å². The third-order valence-electron chi connectivity index (χ3n) is 3.54. The zero-order valence-electron chi connectivity index (χ0n) is 10.2. The van der Waals surface area contributed by atoms with Gasteiger partial charge in [0.2, 0.25) is 0 Å². The number of carboxylic acid groups (broad SMARTS) is 1. The van der Waals surface area contributed by atoms with Crippen molar-refractivity contribution in [1.29, 1.82) is 0 Å². The highest BCUT2D eigenvalue weighted by molar-refractivity contribution is 5.76. The molecule has 5 heteroatoms. The quantitative estimate of drug-likeness (QED) is 0.777. The predicted molar refractivity (Wildman–Crippen MR) is 62.6 cm³/mol. The number of carbonyl (C=O) groups is 2. The first-order valence-corrected chi connectivity index (χ1v) is 6.32. The highest BCUT2D eigenvalue weighted by atomic mass is 16.4. The van der Waals surface area contributed by atoms with E-state index in [0.717, 1.165) is 6.54 Å². The van der Waals surface area contributed by atoms with Gasteiger partial charge in [-0.05, 0) is 31.1 Å². The zero-order valence-corrected chi connectivity index (χ0v) is 10.2. The number of piperidine rings is 1. The van der Waals surface area contributed by atoms with Crippen molar-refractivity contribution >= 4 is 12.0 Å². The molecule has 1 aliphatic carbocycles. The SMILES string of the molecule is CC1CC(C(=O)O)CN(C(=O)NCC2CC2)C1. The Balaban J connectivity index is 1.84. The van der Waals surface area contributed by atoms with E-state index in [4.69, 9.17) is 5.11 Å². The molecular formula is C12H20N2O3. The molecule has 0 radical (unpaired) electrons. The number of nitrogens with one attached hydrogen (secondary N) is 1. The molecule has 2 atom stereocenters. The Kier molecular flexibility index (Phi) is 3.54. The monoisotopic (exact) mass is 240 g/mol. The number of likely N-dealkylation sites (tertiary alicyclic amines) is 1. The van der Waals surface area contributed by atoms with Crippen LogP contribution >= 0.6 is 0 Å². The summed E-state index contributed by atoms with van der Waals surface area (Å²) in [6, 6.07) is -0.102. The van der Waals surface area contributed by atoms with Crippen molar-refractivity contribution in [3.8, 4) is 0 Å². The van der Waals surface area contributed by atoms with E-state index in [1.54, 1.807) is 4.90 Å². The van der Waals surface area contributed by atoms with Gasteiger partial charge in [0.15, 0.2) is 0 Å². The Bertz CT molecular complexity index is 315. The van der Waals surface area contributed by atoms with Gasteiger partial charge in [-0.15, -0.1) is 0 Å². The number of rotatable bonds is 3. The van der Waals surface area contributed by atoms with Gasteiger partial charge in [-0.1, -0.05) is 6.92 Å². The van der Waals surface area contributed by atoms with E-state index >= 15 is 0 Å². The molecule has 1 saturated carbocycles. The van der Waals surface area contributed by atoms with Crippen LogP contribution in [0.3, 0.4) is 0 Å². The Morgan fingerprint density at radius 1 is 1.35 bits per heavy atom. The summed E-state index contributed by atoms with van der Waals surface area (Å²) in [5.41, 5.74) is 0. The second kappa shape index (κ2) is 4.94. The molecule has 17 heavy (non-hydrogen) atoms. The Morgan fingerprint density at radius 2 is 2.06 bits per heavy atom. The van der Waals surface area contributed by atoms with Crippen LogP contribution in [0.4, 0.5) is 4.79 Å². The maximum absolute atomic E-state index is 11.9. The number of carboxylic acids is 1.